The van der Waals surface area contributed by atoms with Crippen molar-refractivity contribution in [3.05, 3.63) is 48.3 Å². The van der Waals surface area contributed by atoms with E-state index in [1.165, 1.54) is 11.3 Å². The van der Waals surface area contributed by atoms with Gasteiger partial charge in [-0.2, -0.15) is 10.1 Å². The molecule has 1 aliphatic carbocycles. The zero-order valence-electron chi connectivity index (χ0n) is 13.7. The number of hydrogen-bond donors (Lipinski definition) is 3. The lowest BCUT2D eigenvalue weighted by molar-refractivity contribution is -0.139. The summed E-state index contributed by atoms with van der Waals surface area (Å²) in [6.07, 6.45) is 6.24. The first-order valence-corrected chi connectivity index (χ1v) is 8.20. The van der Waals surface area contributed by atoms with E-state index in [9.17, 15) is 14.4 Å². The van der Waals surface area contributed by atoms with Gasteiger partial charge in [0.05, 0.1) is 17.5 Å². The second-order valence-electron chi connectivity index (χ2n) is 6.14. The molecule has 2 atom stereocenters. The van der Waals surface area contributed by atoms with Gasteiger partial charge in [-0.15, -0.1) is 0 Å². The number of carbonyl (C=O) groups excluding carboxylic acids is 3. The van der Waals surface area contributed by atoms with Crippen LogP contribution in [0.5, 0.6) is 0 Å². The summed E-state index contributed by atoms with van der Waals surface area (Å²) in [5, 5.41) is 9.99. The van der Waals surface area contributed by atoms with E-state index < -0.39 is 5.91 Å². The van der Waals surface area contributed by atoms with Crippen molar-refractivity contribution < 1.29 is 14.4 Å². The van der Waals surface area contributed by atoms with Gasteiger partial charge in [-0.1, -0.05) is 18.2 Å². The van der Waals surface area contributed by atoms with E-state index in [0.717, 1.165) is 0 Å². The highest BCUT2D eigenvalue weighted by Gasteiger charge is 2.42. The predicted molar refractivity (Wildman–Crippen MR) is 91.8 cm³/mol. The first kappa shape index (κ1) is 16.0. The Kier molecular flexibility index (Phi) is 3.96. The number of rotatable bonds is 3. The molecule has 9 heteroatoms. The van der Waals surface area contributed by atoms with Crippen LogP contribution in [0.4, 0.5) is 11.6 Å². The van der Waals surface area contributed by atoms with Crippen molar-refractivity contribution in [2.45, 2.75) is 12.8 Å². The van der Waals surface area contributed by atoms with Gasteiger partial charge < -0.3 is 0 Å². The summed E-state index contributed by atoms with van der Waals surface area (Å²) in [6.45, 7) is 0. The Labute approximate surface area is 148 Å². The molecule has 0 saturated carbocycles. The normalized spacial score (nSPS) is 21.9. The third kappa shape index (κ3) is 2.83. The number of H-pyrrole nitrogens is 1. The number of hydrogen-bond acceptors (Lipinski definition) is 5. The van der Waals surface area contributed by atoms with E-state index in [1.807, 2.05) is 12.2 Å². The largest absolute Gasteiger partial charge is 0.291 e. The fourth-order valence-corrected chi connectivity index (χ4v) is 3.21. The maximum atomic E-state index is 12.8. The summed E-state index contributed by atoms with van der Waals surface area (Å²) in [5.41, 5.74) is 3.40. The van der Waals surface area contributed by atoms with E-state index in [-0.39, 0.29) is 29.6 Å². The van der Waals surface area contributed by atoms with Crippen LogP contribution in [0.3, 0.4) is 0 Å². The summed E-state index contributed by atoms with van der Waals surface area (Å²) in [7, 11) is 0. The van der Waals surface area contributed by atoms with Gasteiger partial charge in [0, 0.05) is 5.56 Å². The zero-order valence-corrected chi connectivity index (χ0v) is 13.7. The number of fused-ring (bicyclic) bond motifs is 1. The number of amides is 3. The van der Waals surface area contributed by atoms with E-state index in [2.05, 4.69) is 25.9 Å². The van der Waals surface area contributed by atoms with E-state index in [1.54, 1.807) is 24.3 Å². The number of aromatic nitrogens is 3. The number of nitrogens with one attached hydrogen (secondary N) is 3. The lowest BCUT2D eigenvalue weighted by Crippen LogP contribution is -2.59. The number of aromatic amines is 1. The molecule has 132 valence electrons. The maximum Gasteiger partial charge on any atom is 0.258 e. The number of carbonyl (C=O) groups is 3. The molecule has 1 aromatic carbocycles. The lowest BCUT2D eigenvalue weighted by atomic mass is 9.80. The van der Waals surface area contributed by atoms with Crippen LogP contribution >= 0.6 is 0 Å². The first-order chi connectivity index (χ1) is 12.6. The molecule has 2 aromatic rings. The Bertz CT molecular complexity index is 892. The summed E-state index contributed by atoms with van der Waals surface area (Å²) in [4.78, 5) is 41.3. The minimum absolute atomic E-state index is 0.174. The van der Waals surface area contributed by atoms with E-state index in [0.29, 0.717) is 24.1 Å². The summed E-state index contributed by atoms with van der Waals surface area (Å²) in [6, 6.07) is 6.47. The van der Waals surface area contributed by atoms with Crippen LogP contribution in [0.1, 0.15) is 23.2 Å². The molecule has 1 aliphatic heterocycles. The maximum absolute atomic E-state index is 12.8. The van der Waals surface area contributed by atoms with Crippen molar-refractivity contribution in [2.24, 2.45) is 11.8 Å². The summed E-state index contributed by atoms with van der Waals surface area (Å²) >= 11 is 0. The number of hydrazine groups is 1. The Morgan fingerprint density at radius 3 is 2.77 bits per heavy atom. The molecule has 0 spiro atoms. The molecule has 2 aliphatic rings. The fraction of sp³-hybridized carbons (Fsp3) is 0.235. The van der Waals surface area contributed by atoms with Gasteiger partial charge in [0.1, 0.15) is 6.33 Å². The highest BCUT2D eigenvalue weighted by atomic mass is 16.2. The highest BCUT2D eigenvalue weighted by molar-refractivity contribution is 6.07. The molecule has 4 rings (SSSR count). The first-order valence-electron chi connectivity index (χ1n) is 8.20. The molecule has 0 radical (unpaired) electrons. The molecule has 1 saturated heterocycles. The fourth-order valence-electron chi connectivity index (χ4n) is 3.21. The molecule has 1 fully saturated rings. The van der Waals surface area contributed by atoms with Crippen molar-refractivity contribution in [2.75, 3.05) is 10.3 Å². The van der Waals surface area contributed by atoms with Crippen LogP contribution in [0, 0.1) is 11.8 Å². The van der Waals surface area contributed by atoms with Gasteiger partial charge in [-0.25, -0.2) is 10.1 Å². The minimum Gasteiger partial charge on any atom is -0.291 e. The third-order valence-corrected chi connectivity index (χ3v) is 4.54. The average molecular weight is 352 g/mol. The van der Waals surface area contributed by atoms with Crippen molar-refractivity contribution in [3.63, 3.8) is 0 Å². The molecule has 9 nitrogen and oxygen atoms in total. The zero-order chi connectivity index (χ0) is 18.1. The topological polar surface area (TPSA) is 120 Å². The molecular weight excluding hydrogens is 336 g/mol. The summed E-state index contributed by atoms with van der Waals surface area (Å²) in [5.74, 6) is -1.25. The van der Waals surface area contributed by atoms with Crippen LogP contribution in [0.25, 0.3) is 0 Å². The van der Waals surface area contributed by atoms with Gasteiger partial charge in [-0.05, 0) is 31.0 Å². The monoisotopic (exact) mass is 352 g/mol. The second-order valence-corrected chi connectivity index (χ2v) is 6.14. The van der Waals surface area contributed by atoms with Crippen LogP contribution < -0.4 is 15.8 Å². The minimum atomic E-state index is -0.405. The van der Waals surface area contributed by atoms with Crippen LogP contribution in [0.2, 0.25) is 0 Å². The van der Waals surface area contributed by atoms with Crippen molar-refractivity contribution in [1.29, 1.82) is 0 Å². The predicted octanol–water partition coefficient (Wildman–Crippen LogP) is 1.02. The SMILES string of the molecule is O=C(Nc1ncn[nH]1)c1cccc(N2NC(=O)C3CC=CCC3C2=O)c1. The van der Waals surface area contributed by atoms with Crippen molar-refractivity contribution in [3.8, 4) is 0 Å². The third-order valence-electron chi connectivity index (χ3n) is 4.54. The van der Waals surface area contributed by atoms with E-state index in [4.69, 9.17) is 0 Å². The molecule has 1 aromatic heterocycles. The average Bonchev–Trinajstić information content (AvgIpc) is 3.18. The van der Waals surface area contributed by atoms with Gasteiger partial charge in [0.25, 0.3) is 5.91 Å². The van der Waals surface area contributed by atoms with Crippen molar-refractivity contribution >= 4 is 29.4 Å². The Balaban J connectivity index is 1.58. The number of anilines is 2. The smallest absolute Gasteiger partial charge is 0.258 e. The van der Waals surface area contributed by atoms with Gasteiger partial charge in [-0.3, -0.25) is 25.1 Å². The van der Waals surface area contributed by atoms with Crippen molar-refractivity contribution in [1.82, 2.24) is 20.6 Å². The highest BCUT2D eigenvalue weighted by Crippen LogP contribution is 2.32. The standard InChI is InChI=1S/C17H16N6O3/c24-14(20-17-18-9-19-21-17)10-4-3-5-11(8-10)23-16(26)13-7-2-1-6-12(13)15(25)22-23/h1-5,8-9,12-13H,6-7H2,(H,22,25)(H2,18,19,20,21,24). The molecule has 26 heavy (non-hydrogen) atoms. The molecular formula is C17H16N6O3. The number of nitrogens with zero attached hydrogens (tertiary/aromatic N) is 3. The number of allylic oxidation sites excluding steroid dienone is 2. The molecule has 3 N–H and O–H groups in total. The van der Waals surface area contributed by atoms with Gasteiger partial charge >= 0.3 is 0 Å². The molecule has 3 amide bonds. The Morgan fingerprint density at radius 1 is 1.19 bits per heavy atom. The molecule has 2 unspecified atom stereocenters. The van der Waals surface area contributed by atoms with Crippen LogP contribution in [-0.2, 0) is 9.59 Å². The van der Waals surface area contributed by atoms with Crippen LogP contribution in [0.15, 0.2) is 42.7 Å². The molecule has 2 heterocycles. The Morgan fingerprint density at radius 2 is 2.00 bits per heavy atom. The van der Waals surface area contributed by atoms with Gasteiger partial charge in [0.2, 0.25) is 17.8 Å². The second kappa shape index (κ2) is 6.43. The van der Waals surface area contributed by atoms with Gasteiger partial charge in [0.15, 0.2) is 0 Å². The summed E-state index contributed by atoms with van der Waals surface area (Å²) < 4.78 is 0. The van der Waals surface area contributed by atoms with Crippen LogP contribution in [-0.4, -0.2) is 32.9 Å². The molecule has 0 bridgehead atoms. The lowest BCUT2D eigenvalue weighted by Gasteiger charge is -2.38. The Hall–Kier alpha value is -3.49. The quantitative estimate of drug-likeness (QED) is 0.712. The van der Waals surface area contributed by atoms with E-state index >= 15 is 0 Å². The number of benzene rings is 1.